The predicted octanol–water partition coefficient (Wildman–Crippen LogP) is 2.97. The van der Waals surface area contributed by atoms with E-state index in [0.29, 0.717) is 30.0 Å². The van der Waals surface area contributed by atoms with Crippen molar-refractivity contribution in [1.82, 2.24) is 15.1 Å². The number of aliphatic hydroxyl groups is 1. The topological polar surface area (TPSA) is 106 Å². The minimum atomic E-state index is -0.789. The van der Waals surface area contributed by atoms with Crippen LogP contribution in [0.15, 0.2) is 48.5 Å². The largest absolute Gasteiger partial charge is 0.454 e. The molecular weight excluding hydrogens is 472 g/mol. The molecule has 0 radical (unpaired) electrons. The van der Waals surface area contributed by atoms with Crippen LogP contribution in [0.2, 0.25) is 0 Å². The Morgan fingerprint density at radius 3 is 2.57 bits per heavy atom. The van der Waals surface area contributed by atoms with Gasteiger partial charge in [0.15, 0.2) is 11.5 Å². The van der Waals surface area contributed by atoms with Crippen molar-refractivity contribution in [2.45, 2.75) is 52.1 Å². The molecule has 2 amide bonds. The Morgan fingerprint density at radius 2 is 1.86 bits per heavy atom. The Morgan fingerprint density at radius 1 is 1.14 bits per heavy atom. The van der Waals surface area contributed by atoms with E-state index >= 15 is 0 Å². The lowest BCUT2D eigenvalue weighted by Gasteiger charge is -2.25. The number of aromatic nitrogens is 2. The summed E-state index contributed by atoms with van der Waals surface area (Å²) in [7, 11) is 1.68. The molecule has 0 saturated heterocycles. The fraction of sp³-hybridized carbons (Fsp3) is 0.393. The Balaban J connectivity index is 1.54. The highest BCUT2D eigenvalue weighted by Gasteiger charge is 2.27. The molecule has 0 bridgehead atoms. The minimum Gasteiger partial charge on any atom is -0.454 e. The molecule has 1 aliphatic rings. The van der Waals surface area contributed by atoms with Crippen molar-refractivity contribution in [2.75, 3.05) is 25.3 Å². The fourth-order valence-electron chi connectivity index (χ4n) is 4.53. The number of anilines is 1. The molecule has 2 heterocycles. The summed E-state index contributed by atoms with van der Waals surface area (Å²) < 4.78 is 12.5. The number of nitrogens with one attached hydrogen (secondary N) is 1. The summed E-state index contributed by atoms with van der Waals surface area (Å²) in [4.78, 5) is 28.3. The van der Waals surface area contributed by atoms with Gasteiger partial charge in [-0.2, -0.15) is 5.10 Å². The van der Waals surface area contributed by atoms with Crippen molar-refractivity contribution in [3.05, 3.63) is 71.0 Å². The molecule has 1 aromatic heterocycles. The van der Waals surface area contributed by atoms with Crippen LogP contribution in [0.1, 0.15) is 42.3 Å². The van der Waals surface area contributed by atoms with Crippen LogP contribution < -0.4 is 19.7 Å². The van der Waals surface area contributed by atoms with Crippen molar-refractivity contribution in [3.63, 3.8) is 0 Å². The molecule has 2 aromatic carbocycles. The normalized spacial score (nSPS) is 13.0. The maximum absolute atomic E-state index is 13.6. The Hall–Kier alpha value is -3.85. The lowest BCUT2D eigenvalue weighted by Crippen LogP contribution is -2.49. The minimum absolute atomic E-state index is 0.0122. The first kappa shape index (κ1) is 26.2. The molecule has 37 heavy (non-hydrogen) atoms. The molecule has 0 aliphatic carbocycles. The summed E-state index contributed by atoms with van der Waals surface area (Å²) in [6.07, 6.45) is 0.821. The highest BCUT2D eigenvalue weighted by Crippen LogP contribution is 2.35. The van der Waals surface area contributed by atoms with Crippen LogP contribution in [-0.2, 0) is 29.0 Å². The van der Waals surface area contributed by atoms with Crippen molar-refractivity contribution in [3.8, 4) is 11.5 Å². The van der Waals surface area contributed by atoms with E-state index in [9.17, 15) is 14.7 Å². The van der Waals surface area contributed by atoms with Gasteiger partial charge in [0, 0.05) is 37.5 Å². The van der Waals surface area contributed by atoms with Crippen LogP contribution in [-0.4, -0.2) is 53.2 Å². The highest BCUT2D eigenvalue weighted by molar-refractivity contribution is 5.99. The second kappa shape index (κ2) is 11.5. The molecule has 0 saturated carbocycles. The van der Waals surface area contributed by atoms with Gasteiger partial charge in [-0.3, -0.25) is 14.3 Å². The number of fused-ring (bicyclic) bond motifs is 1. The van der Waals surface area contributed by atoms with Crippen molar-refractivity contribution in [2.24, 2.45) is 0 Å². The number of nitrogens with zero attached hydrogens (tertiary/aromatic N) is 3. The summed E-state index contributed by atoms with van der Waals surface area (Å²) in [6.45, 7) is 6.11. The van der Waals surface area contributed by atoms with E-state index < -0.39 is 6.04 Å². The molecule has 1 atom stereocenters. The number of aliphatic hydroxyl groups excluding tert-OH is 1. The van der Waals surface area contributed by atoms with Crippen LogP contribution in [0.5, 0.6) is 11.5 Å². The quantitative estimate of drug-likeness (QED) is 0.438. The van der Waals surface area contributed by atoms with Gasteiger partial charge in [0.1, 0.15) is 12.6 Å². The summed E-state index contributed by atoms with van der Waals surface area (Å²) in [5.74, 6) is 0.804. The molecule has 1 aliphatic heterocycles. The molecule has 0 unspecified atom stereocenters. The zero-order valence-corrected chi connectivity index (χ0v) is 21.7. The van der Waals surface area contributed by atoms with Crippen LogP contribution in [0.4, 0.5) is 5.69 Å². The lowest BCUT2D eigenvalue weighted by molar-refractivity contribution is -0.127. The Bertz CT molecular complexity index is 1250. The highest BCUT2D eigenvalue weighted by atomic mass is 16.7. The molecule has 4 rings (SSSR count). The Kier molecular flexibility index (Phi) is 8.13. The monoisotopic (exact) mass is 506 g/mol. The number of hydrogen-bond acceptors (Lipinski definition) is 6. The molecule has 3 aromatic rings. The van der Waals surface area contributed by atoms with Gasteiger partial charge in [0.25, 0.3) is 0 Å². The maximum atomic E-state index is 13.6. The summed E-state index contributed by atoms with van der Waals surface area (Å²) in [5, 5.41) is 17.1. The van der Waals surface area contributed by atoms with E-state index in [1.54, 1.807) is 29.9 Å². The second-order valence-corrected chi connectivity index (χ2v) is 9.48. The summed E-state index contributed by atoms with van der Waals surface area (Å²) in [5.41, 5.74) is 4.25. The molecule has 9 heteroatoms. The van der Waals surface area contributed by atoms with Gasteiger partial charge in [0.05, 0.1) is 5.69 Å². The van der Waals surface area contributed by atoms with E-state index in [0.717, 1.165) is 22.5 Å². The Labute approximate surface area is 217 Å². The molecular formula is C28H34N4O5. The van der Waals surface area contributed by atoms with E-state index in [-0.39, 0.29) is 37.7 Å². The second-order valence-electron chi connectivity index (χ2n) is 9.48. The van der Waals surface area contributed by atoms with Crippen molar-refractivity contribution >= 4 is 17.5 Å². The maximum Gasteiger partial charge on any atom is 0.249 e. The number of carbonyl (C=O) groups excluding carboxylic acids is 2. The smallest absolute Gasteiger partial charge is 0.249 e. The summed E-state index contributed by atoms with van der Waals surface area (Å²) in [6, 6.07) is 14.1. The zero-order chi connectivity index (χ0) is 26.5. The number of ether oxygens (including phenoxy) is 2. The number of benzene rings is 2. The third kappa shape index (κ3) is 5.94. The third-order valence-corrected chi connectivity index (χ3v) is 6.55. The zero-order valence-electron chi connectivity index (χ0n) is 21.7. The van der Waals surface area contributed by atoms with Crippen LogP contribution in [0.3, 0.4) is 0 Å². The number of rotatable bonds is 10. The predicted molar refractivity (Wildman–Crippen MR) is 140 cm³/mol. The number of likely N-dealkylation sites (N-methyl/N-ethyl adjacent to an activating group) is 1. The lowest BCUT2D eigenvalue weighted by atomic mass is 10.0. The average Bonchev–Trinajstić information content (AvgIpc) is 3.48. The molecule has 2 N–H and O–H groups in total. The first-order chi connectivity index (χ1) is 17.8. The van der Waals surface area contributed by atoms with E-state index in [1.165, 1.54) is 4.90 Å². The van der Waals surface area contributed by atoms with Crippen LogP contribution >= 0.6 is 0 Å². The average molecular weight is 507 g/mol. The van der Waals surface area contributed by atoms with Gasteiger partial charge >= 0.3 is 0 Å². The van der Waals surface area contributed by atoms with Crippen molar-refractivity contribution < 1.29 is 24.2 Å². The standard InChI is InChI=1S/C28H34N4O5/c1-18(2)27-22(12-13-33)19(3)32(30-27)16-26(34)29-23(14-20-8-6-5-7-9-20)28(35)31(4)21-10-11-24-25(15-21)37-17-36-24/h5-11,15,18,23,33H,12-14,16-17H2,1-4H3,(H,29,34)/t23-/m0/s1. The molecule has 0 spiro atoms. The van der Waals surface area contributed by atoms with Crippen LogP contribution in [0, 0.1) is 6.92 Å². The van der Waals surface area contributed by atoms with Gasteiger partial charge < -0.3 is 24.8 Å². The molecule has 9 nitrogen and oxygen atoms in total. The first-order valence-corrected chi connectivity index (χ1v) is 12.5. The molecule has 0 fully saturated rings. The van der Waals surface area contributed by atoms with Crippen molar-refractivity contribution in [1.29, 1.82) is 0 Å². The van der Waals surface area contributed by atoms with E-state index in [1.807, 2.05) is 51.1 Å². The van der Waals surface area contributed by atoms with Gasteiger partial charge in [-0.15, -0.1) is 0 Å². The summed E-state index contributed by atoms with van der Waals surface area (Å²) >= 11 is 0. The van der Waals surface area contributed by atoms with Gasteiger partial charge in [-0.25, -0.2) is 0 Å². The fourth-order valence-corrected chi connectivity index (χ4v) is 4.53. The van der Waals surface area contributed by atoms with Gasteiger partial charge in [-0.1, -0.05) is 44.2 Å². The van der Waals surface area contributed by atoms with E-state index in [2.05, 4.69) is 10.4 Å². The number of amides is 2. The number of carbonyl (C=O) groups is 2. The SMILES string of the molecule is Cc1c(CCO)c(C(C)C)nn1CC(=O)N[C@@H](Cc1ccccc1)C(=O)N(C)c1ccc2c(c1)OCO2. The number of hydrogen-bond donors (Lipinski definition) is 2. The third-order valence-electron chi connectivity index (χ3n) is 6.55. The molecule has 196 valence electrons. The first-order valence-electron chi connectivity index (χ1n) is 12.5. The van der Waals surface area contributed by atoms with Gasteiger partial charge in [0.2, 0.25) is 18.6 Å². The van der Waals surface area contributed by atoms with Crippen LogP contribution in [0.25, 0.3) is 0 Å². The van der Waals surface area contributed by atoms with Gasteiger partial charge in [-0.05, 0) is 42.5 Å². The van der Waals surface area contributed by atoms with E-state index in [4.69, 9.17) is 9.47 Å².